The van der Waals surface area contributed by atoms with Gasteiger partial charge in [-0.25, -0.2) is 0 Å². The summed E-state index contributed by atoms with van der Waals surface area (Å²) in [4.78, 5) is 13.9. The molecule has 0 bridgehead atoms. The summed E-state index contributed by atoms with van der Waals surface area (Å²) in [7, 11) is 1.79. The Labute approximate surface area is 146 Å². The van der Waals surface area contributed by atoms with Crippen LogP contribution in [0.3, 0.4) is 0 Å². The third kappa shape index (κ3) is 6.80. The zero-order chi connectivity index (χ0) is 17.0. The third-order valence-corrected chi connectivity index (χ3v) is 3.69. The van der Waals surface area contributed by atoms with Gasteiger partial charge in [0.2, 0.25) is 0 Å². The third-order valence-electron chi connectivity index (χ3n) is 3.69. The van der Waals surface area contributed by atoms with Crippen LogP contribution in [0.15, 0.2) is 24.3 Å². The SMILES string of the molecule is CN(CC(C)(C)CN)C(=O)COc1ccccc1C(C)(C)C.Cl. The van der Waals surface area contributed by atoms with Crippen molar-refractivity contribution >= 4 is 18.3 Å². The van der Waals surface area contributed by atoms with E-state index in [0.29, 0.717) is 13.1 Å². The van der Waals surface area contributed by atoms with Gasteiger partial charge in [-0.15, -0.1) is 12.4 Å². The Hall–Kier alpha value is -1.26. The zero-order valence-electron chi connectivity index (χ0n) is 15.2. The summed E-state index contributed by atoms with van der Waals surface area (Å²) in [5.41, 5.74) is 6.71. The van der Waals surface area contributed by atoms with Gasteiger partial charge in [-0.1, -0.05) is 52.8 Å². The van der Waals surface area contributed by atoms with Crippen molar-refractivity contribution in [3.05, 3.63) is 29.8 Å². The molecule has 0 aliphatic carbocycles. The van der Waals surface area contributed by atoms with Gasteiger partial charge in [0.25, 0.3) is 5.91 Å². The Morgan fingerprint density at radius 3 is 2.26 bits per heavy atom. The van der Waals surface area contributed by atoms with E-state index in [4.69, 9.17) is 10.5 Å². The fraction of sp³-hybridized carbons (Fsp3) is 0.611. The molecule has 0 saturated carbocycles. The van der Waals surface area contributed by atoms with Crippen molar-refractivity contribution in [2.75, 3.05) is 26.7 Å². The molecule has 4 nitrogen and oxygen atoms in total. The topological polar surface area (TPSA) is 55.6 Å². The fourth-order valence-electron chi connectivity index (χ4n) is 2.26. The van der Waals surface area contributed by atoms with Gasteiger partial charge in [0.1, 0.15) is 5.75 Å². The molecule has 1 rings (SSSR count). The van der Waals surface area contributed by atoms with Crippen molar-refractivity contribution in [2.24, 2.45) is 11.1 Å². The lowest BCUT2D eigenvalue weighted by molar-refractivity contribution is -0.133. The van der Waals surface area contributed by atoms with E-state index < -0.39 is 0 Å². The van der Waals surface area contributed by atoms with Crippen molar-refractivity contribution in [1.82, 2.24) is 4.90 Å². The summed E-state index contributed by atoms with van der Waals surface area (Å²) >= 11 is 0. The molecule has 0 radical (unpaired) electrons. The molecule has 0 aliphatic rings. The molecule has 0 aliphatic heterocycles. The predicted molar refractivity (Wildman–Crippen MR) is 98.4 cm³/mol. The number of halogens is 1. The summed E-state index contributed by atoms with van der Waals surface area (Å²) in [6.07, 6.45) is 0. The van der Waals surface area contributed by atoms with Crippen molar-refractivity contribution in [2.45, 2.75) is 40.0 Å². The van der Waals surface area contributed by atoms with Crippen molar-refractivity contribution in [3.63, 3.8) is 0 Å². The number of amides is 1. The Morgan fingerprint density at radius 1 is 1.17 bits per heavy atom. The molecule has 0 fully saturated rings. The molecule has 0 atom stereocenters. The number of para-hydroxylation sites is 1. The van der Waals surface area contributed by atoms with Crippen LogP contribution in [0.25, 0.3) is 0 Å². The second-order valence-corrected chi connectivity index (χ2v) is 7.65. The lowest BCUT2D eigenvalue weighted by Crippen LogP contribution is -2.41. The van der Waals surface area contributed by atoms with Crippen LogP contribution in [0.4, 0.5) is 0 Å². The Bertz CT molecular complexity index is 510. The highest BCUT2D eigenvalue weighted by Gasteiger charge is 2.22. The number of ether oxygens (including phenoxy) is 1. The van der Waals surface area contributed by atoms with E-state index >= 15 is 0 Å². The summed E-state index contributed by atoms with van der Waals surface area (Å²) in [6, 6.07) is 7.88. The molecule has 0 spiro atoms. The largest absolute Gasteiger partial charge is 0.483 e. The van der Waals surface area contributed by atoms with Crippen molar-refractivity contribution in [3.8, 4) is 5.75 Å². The average molecular weight is 343 g/mol. The minimum atomic E-state index is -0.0896. The summed E-state index contributed by atoms with van der Waals surface area (Å²) < 4.78 is 5.77. The van der Waals surface area contributed by atoms with Gasteiger partial charge in [-0.3, -0.25) is 4.79 Å². The lowest BCUT2D eigenvalue weighted by atomic mass is 9.86. The molecule has 2 N–H and O–H groups in total. The number of rotatable bonds is 6. The maximum absolute atomic E-state index is 12.2. The van der Waals surface area contributed by atoms with Gasteiger partial charge in [0, 0.05) is 13.6 Å². The highest BCUT2D eigenvalue weighted by molar-refractivity contribution is 5.85. The van der Waals surface area contributed by atoms with Gasteiger partial charge in [0.05, 0.1) is 0 Å². The Kier molecular flexibility index (Phi) is 8.08. The predicted octanol–water partition coefficient (Wildman–Crippen LogP) is 3.23. The van der Waals surface area contributed by atoms with Gasteiger partial charge >= 0.3 is 0 Å². The van der Waals surface area contributed by atoms with Gasteiger partial charge in [0.15, 0.2) is 6.61 Å². The average Bonchev–Trinajstić information content (AvgIpc) is 2.43. The van der Waals surface area contributed by atoms with E-state index in [2.05, 4.69) is 20.8 Å². The summed E-state index contributed by atoms with van der Waals surface area (Å²) in [5.74, 6) is 0.736. The van der Waals surface area contributed by atoms with Crippen molar-refractivity contribution < 1.29 is 9.53 Å². The number of carbonyl (C=O) groups is 1. The minimum absolute atomic E-state index is 0. The lowest BCUT2D eigenvalue weighted by Gasteiger charge is -2.29. The normalized spacial score (nSPS) is 11.6. The number of nitrogens with zero attached hydrogens (tertiary/aromatic N) is 1. The molecular formula is C18H31ClN2O2. The van der Waals surface area contributed by atoms with E-state index in [0.717, 1.165) is 11.3 Å². The molecule has 0 unspecified atom stereocenters. The Morgan fingerprint density at radius 2 is 1.74 bits per heavy atom. The van der Waals surface area contributed by atoms with Gasteiger partial charge in [-0.2, -0.15) is 0 Å². The molecule has 132 valence electrons. The van der Waals surface area contributed by atoms with E-state index in [1.807, 2.05) is 38.1 Å². The van der Waals surface area contributed by atoms with Crippen molar-refractivity contribution in [1.29, 1.82) is 0 Å². The molecule has 0 aromatic heterocycles. The first-order chi connectivity index (χ1) is 10.1. The number of likely N-dealkylation sites (N-methyl/N-ethyl adjacent to an activating group) is 1. The van der Waals surface area contributed by atoms with Crippen LogP contribution < -0.4 is 10.5 Å². The van der Waals surface area contributed by atoms with Crippen LogP contribution in [0, 0.1) is 5.41 Å². The fourth-order valence-corrected chi connectivity index (χ4v) is 2.26. The molecule has 1 aromatic carbocycles. The van der Waals surface area contributed by atoms with E-state index in [9.17, 15) is 4.79 Å². The van der Waals surface area contributed by atoms with Gasteiger partial charge < -0.3 is 15.4 Å². The smallest absolute Gasteiger partial charge is 0.260 e. The minimum Gasteiger partial charge on any atom is -0.483 e. The molecule has 23 heavy (non-hydrogen) atoms. The first-order valence-electron chi connectivity index (χ1n) is 7.73. The number of hydrogen-bond donors (Lipinski definition) is 1. The van der Waals surface area contributed by atoms with Crippen LogP contribution >= 0.6 is 12.4 Å². The number of carbonyl (C=O) groups excluding carboxylic acids is 1. The summed E-state index contributed by atoms with van der Waals surface area (Å²) in [6.45, 7) is 11.7. The number of nitrogens with two attached hydrogens (primary N) is 1. The van der Waals surface area contributed by atoms with E-state index in [1.165, 1.54) is 0 Å². The quantitative estimate of drug-likeness (QED) is 0.863. The van der Waals surface area contributed by atoms with Crippen LogP contribution in [0.2, 0.25) is 0 Å². The monoisotopic (exact) mass is 342 g/mol. The molecular weight excluding hydrogens is 312 g/mol. The number of benzene rings is 1. The molecule has 1 amide bonds. The van der Waals surface area contributed by atoms with Crippen LogP contribution in [0.1, 0.15) is 40.2 Å². The van der Waals surface area contributed by atoms with E-state index in [-0.39, 0.29) is 35.8 Å². The standard InChI is InChI=1S/C18H30N2O2.ClH/c1-17(2,3)14-9-7-8-10-15(14)22-11-16(21)20(6)13-18(4,5)12-19;/h7-10H,11-13,19H2,1-6H3;1H. The highest BCUT2D eigenvalue weighted by atomic mass is 35.5. The van der Waals surface area contributed by atoms with E-state index in [1.54, 1.807) is 11.9 Å². The Balaban J connectivity index is 0.00000484. The van der Waals surface area contributed by atoms with Gasteiger partial charge in [-0.05, 0) is 29.0 Å². The first kappa shape index (κ1) is 21.7. The second-order valence-electron chi connectivity index (χ2n) is 7.65. The summed E-state index contributed by atoms with van der Waals surface area (Å²) in [5, 5.41) is 0. The van der Waals surface area contributed by atoms with Crippen LogP contribution in [-0.2, 0) is 10.2 Å². The number of hydrogen-bond acceptors (Lipinski definition) is 3. The highest BCUT2D eigenvalue weighted by Crippen LogP contribution is 2.30. The molecule has 5 heteroatoms. The maximum atomic E-state index is 12.2. The molecule has 0 saturated heterocycles. The maximum Gasteiger partial charge on any atom is 0.260 e. The van der Waals surface area contributed by atoms with Crippen LogP contribution in [-0.4, -0.2) is 37.6 Å². The molecule has 1 aromatic rings. The zero-order valence-corrected chi connectivity index (χ0v) is 16.0. The van der Waals surface area contributed by atoms with Crippen LogP contribution in [0.5, 0.6) is 5.75 Å². The molecule has 0 heterocycles. The second kappa shape index (κ2) is 8.55. The first-order valence-corrected chi connectivity index (χ1v) is 7.73.